The number of hydrogen-bond donors (Lipinski definition) is 2. The van der Waals surface area contributed by atoms with Gasteiger partial charge in [-0.25, -0.2) is 9.38 Å². The molecule has 2 aromatic carbocycles. The molecule has 0 saturated carbocycles. The molecule has 6 heteroatoms. The van der Waals surface area contributed by atoms with Crippen LogP contribution in [0.1, 0.15) is 25.0 Å². The van der Waals surface area contributed by atoms with Crippen LogP contribution in [0.2, 0.25) is 0 Å². The molecular formula is C20H27FN4O. The summed E-state index contributed by atoms with van der Waals surface area (Å²) in [4.78, 5) is 6.25. The number of aliphatic imine (C=N–C) groups is 1. The van der Waals surface area contributed by atoms with E-state index in [1.807, 2.05) is 63.2 Å². The summed E-state index contributed by atoms with van der Waals surface area (Å²) in [6.45, 7) is 4.89. The van der Waals surface area contributed by atoms with Gasteiger partial charge in [0.25, 0.3) is 0 Å². The summed E-state index contributed by atoms with van der Waals surface area (Å²) in [6, 6.07) is 12.5. The first-order valence-electron chi connectivity index (χ1n) is 8.59. The highest BCUT2D eigenvalue weighted by Gasteiger charge is 2.05. The molecule has 2 rings (SSSR count). The summed E-state index contributed by atoms with van der Waals surface area (Å²) in [5, 5.41) is 3.04. The molecule has 0 amide bonds. The maximum Gasteiger partial charge on any atom is 0.193 e. The molecular weight excluding hydrogens is 331 g/mol. The Labute approximate surface area is 154 Å². The van der Waals surface area contributed by atoms with E-state index in [9.17, 15) is 4.39 Å². The van der Waals surface area contributed by atoms with Gasteiger partial charge in [-0.2, -0.15) is 0 Å². The number of nitrogens with two attached hydrogens (primary N) is 1. The number of ether oxygens (including phenoxy) is 1. The van der Waals surface area contributed by atoms with Crippen LogP contribution in [-0.2, 0) is 13.1 Å². The summed E-state index contributed by atoms with van der Waals surface area (Å²) in [5.41, 5.74) is 8.33. The largest absolute Gasteiger partial charge is 0.491 e. The topological polar surface area (TPSA) is 62.9 Å². The van der Waals surface area contributed by atoms with Gasteiger partial charge in [-0.1, -0.05) is 6.07 Å². The van der Waals surface area contributed by atoms with Gasteiger partial charge < -0.3 is 20.7 Å². The molecule has 0 aliphatic carbocycles. The first kappa shape index (κ1) is 19.7. The standard InChI is InChI=1S/C20H27FN4O/c1-14(2)26-18-8-6-17(7-9-18)24-20(22)23-12-15-5-10-19(21)16(11-15)13-25(3)4/h5-11,14H,12-13H2,1-4H3,(H3,22,23,24). The van der Waals surface area contributed by atoms with Gasteiger partial charge in [-0.05, 0) is 69.9 Å². The van der Waals surface area contributed by atoms with Crippen molar-refractivity contribution in [1.82, 2.24) is 4.90 Å². The lowest BCUT2D eigenvalue weighted by Crippen LogP contribution is -2.22. The predicted octanol–water partition coefficient (Wildman–Crippen LogP) is 3.60. The van der Waals surface area contributed by atoms with E-state index in [1.165, 1.54) is 6.07 Å². The van der Waals surface area contributed by atoms with Gasteiger partial charge in [-0.3, -0.25) is 0 Å². The van der Waals surface area contributed by atoms with E-state index in [0.717, 1.165) is 17.0 Å². The smallest absolute Gasteiger partial charge is 0.193 e. The number of anilines is 1. The maximum atomic E-state index is 13.8. The van der Waals surface area contributed by atoms with Gasteiger partial charge in [0, 0.05) is 17.8 Å². The maximum absolute atomic E-state index is 13.8. The Morgan fingerprint density at radius 3 is 2.50 bits per heavy atom. The fourth-order valence-electron chi connectivity index (χ4n) is 2.44. The van der Waals surface area contributed by atoms with Crippen LogP contribution in [0.15, 0.2) is 47.5 Å². The second-order valence-electron chi connectivity index (χ2n) is 6.68. The predicted molar refractivity (Wildman–Crippen MR) is 105 cm³/mol. The van der Waals surface area contributed by atoms with Crippen LogP contribution in [0.5, 0.6) is 5.75 Å². The van der Waals surface area contributed by atoms with Crippen LogP contribution in [0.4, 0.5) is 10.1 Å². The third-order valence-electron chi connectivity index (χ3n) is 3.53. The van der Waals surface area contributed by atoms with Gasteiger partial charge in [-0.15, -0.1) is 0 Å². The van der Waals surface area contributed by atoms with Crippen molar-refractivity contribution in [2.45, 2.75) is 33.0 Å². The Bertz CT molecular complexity index is 742. The summed E-state index contributed by atoms with van der Waals surface area (Å²) in [6.07, 6.45) is 0.133. The average Bonchev–Trinajstić information content (AvgIpc) is 2.56. The first-order chi connectivity index (χ1) is 12.3. The number of hydrogen-bond acceptors (Lipinski definition) is 3. The van der Waals surface area contributed by atoms with Gasteiger partial charge in [0.1, 0.15) is 11.6 Å². The summed E-state index contributed by atoms with van der Waals surface area (Å²) < 4.78 is 19.4. The molecule has 140 valence electrons. The van der Waals surface area contributed by atoms with Crippen LogP contribution in [0, 0.1) is 5.82 Å². The monoisotopic (exact) mass is 358 g/mol. The SMILES string of the molecule is CC(C)Oc1ccc(NC(N)=NCc2ccc(F)c(CN(C)C)c2)cc1. The van der Waals surface area contributed by atoms with Crippen LogP contribution < -0.4 is 15.8 Å². The normalized spacial score (nSPS) is 11.9. The Morgan fingerprint density at radius 2 is 1.88 bits per heavy atom. The zero-order valence-electron chi connectivity index (χ0n) is 15.8. The molecule has 0 unspecified atom stereocenters. The Balaban J connectivity index is 1.97. The average molecular weight is 358 g/mol. The van der Waals surface area contributed by atoms with Crippen molar-refractivity contribution in [3.8, 4) is 5.75 Å². The Kier molecular flexibility index (Phi) is 6.97. The molecule has 0 aliphatic heterocycles. The molecule has 0 atom stereocenters. The van der Waals surface area contributed by atoms with E-state index in [-0.39, 0.29) is 11.9 Å². The highest BCUT2D eigenvalue weighted by Crippen LogP contribution is 2.17. The van der Waals surface area contributed by atoms with E-state index in [2.05, 4.69) is 10.3 Å². The third kappa shape index (κ3) is 6.37. The Hall–Kier alpha value is -2.60. The van der Waals surface area contributed by atoms with Gasteiger partial charge in [0.2, 0.25) is 0 Å². The zero-order chi connectivity index (χ0) is 19.1. The fraction of sp³-hybridized carbons (Fsp3) is 0.350. The van der Waals surface area contributed by atoms with Crippen LogP contribution in [0.3, 0.4) is 0 Å². The molecule has 26 heavy (non-hydrogen) atoms. The van der Waals surface area contributed by atoms with E-state index in [4.69, 9.17) is 10.5 Å². The summed E-state index contributed by atoms with van der Waals surface area (Å²) in [7, 11) is 3.81. The number of nitrogens with zero attached hydrogens (tertiary/aromatic N) is 2. The lowest BCUT2D eigenvalue weighted by molar-refractivity contribution is 0.242. The second kappa shape index (κ2) is 9.20. The number of halogens is 1. The number of nitrogens with one attached hydrogen (secondary N) is 1. The zero-order valence-corrected chi connectivity index (χ0v) is 15.8. The van der Waals surface area contributed by atoms with Crippen LogP contribution in [0.25, 0.3) is 0 Å². The molecule has 0 radical (unpaired) electrons. The van der Waals surface area contributed by atoms with Crippen molar-refractivity contribution in [2.75, 3.05) is 19.4 Å². The highest BCUT2D eigenvalue weighted by atomic mass is 19.1. The first-order valence-corrected chi connectivity index (χ1v) is 8.59. The molecule has 0 spiro atoms. The van der Waals surface area contributed by atoms with Crippen molar-refractivity contribution < 1.29 is 9.13 Å². The van der Waals surface area contributed by atoms with Crippen molar-refractivity contribution in [2.24, 2.45) is 10.7 Å². The van der Waals surface area contributed by atoms with Gasteiger partial charge >= 0.3 is 0 Å². The minimum Gasteiger partial charge on any atom is -0.491 e. The minimum absolute atomic E-state index is 0.133. The van der Waals surface area contributed by atoms with E-state index >= 15 is 0 Å². The number of rotatable bonds is 7. The van der Waals surface area contributed by atoms with Gasteiger partial charge in [0.05, 0.1) is 12.6 Å². The summed E-state index contributed by atoms with van der Waals surface area (Å²) >= 11 is 0. The quantitative estimate of drug-likeness (QED) is 0.586. The lowest BCUT2D eigenvalue weighted by Gasteiger charge is -2.12. The molecule has 0 aromatic heterocycles. The van der Waals surface area contributed by atoms with Crippen molar-refractivity contribution in [3.63, 3.8) is 0 Å². The third-order valence-corrected chi connectivity index (χ3v) is 3.53. The van der Waals surface area contributed by atoms with Crippen molar-refractivity contribution in [3.05, 3.63) is 59.4 Å². The van der Waals surface area contributed by atoms with E-state index in [1.54, 1.807) is 6.07 Å². The van der Waals surface area contributed by atoms with Crippen LogP contribution >= 0.6 is 0 Å². The fourth-order valence-corrected chi connectivity index (χ4v) is 2.44. The summed E-state index contributed by atoms with van der Waals surface area (Å²) in [5.74, 6) is 0.906. The lowest BCUT2D eigenvalue weighted by atomic mass is 10.1. The second-order valence-corrected chi connectivity index (χ2v) is 6.68. The van der Waals surface area contributed by atoms with E-state index < -0.39 is 0 Å². The van der Waals surface area contributed by atoms with Crippen molar-refractivity contribution >= 4 is 11.6 Å². The molecule has 2 aromatic rings. The molecule has 0 aliphatic rings. The molecule has 0 bridgehead atoms. The van der Waals surface area contributed by atoms with Gasteiger partial charge in [0.15, 0.2) is 5.96 Å². The molecule has 0 heterocycles. The number of benzene rings is 2. The molecule has 5 nitrogen and oxygen atoms in total. The molecule has 0 saturated heterocycles. The van der Waals surface area contributed by atoms with Crippen molar-refractivity contribution in [1.29, 1.82) is 0 Å². The van der Waals surface area contributed by atoms with Crippen LogP contribution in [-0.4, -0.2) is 31.1 Å². The number of guanidine groups is 1. The highest BCUT2D eigenvalue weighted by molar-refractivity contribution is 5.92. The minimum atomic E-state index is -0.207. The Morgan fingerprint density at radius 1 is 1.19 bits per heavy atom. The molecule has 0 fully saturated rings. The molecule has 3 N–H and O–H groups in total. The van der Waals surface area contributed by atoms with E-state index in [0.29, 0.717) is 24.6 Å².